The smallest absolute Gasteiger partial charge is 0.335 e. The Kier molecular flexibility index (Phi) is 3.08. The Morgan fingerprint density at radius 1 is 1.30 bits per heavy atom. The van der Waals surface area contributed by atoms with Crippen LogP contribution in [-0.2, 0) is 0 Å². The van der Waals surface area contributed by atoms with Crippen molar-refractivity contribution in [3.63, 3.8) is 0 Å². The zero-order chi connectivity index (χ0) is 14.1. The molecule has 0 amide bonds. The molecule has 1 N–H and O–H groups in total. The molecule has 3 aromatic rings. The highest BCUT2D eigenvalue weighted by atomic mass is 32.1. The Morgan fingerprint density at radius 2 is 2.15 bits per heavy atom. The normalized spacial score (nSPS) is 10.7. The third kappa shape index (κ3) is 2.21. The van der Waals surface area contributed by atoms with E-state index < -0.39 is 5.97 Å². The lowest BCUT2D eigenvalue weighted by molar-refractivity contribution is 0.0696. The molecule has 0 aliphatic rings. The number of aromatic carboxylic acids is 1. The van der Waals surface area contributed by atoms with Crippen LogP contribution in [0.5, 0.6) is 11.6 Å². The van der Waals surface area contributed by atoms with Gasteiger partial charge in [-0.25, -0.2) is 14.8 Å². The predicted octanol–water partition coefficient (Wildman–Crippen LogP) is 3.49. The molecule has 0 spiro atoms. The van der Waals surface area contributed by atoms with Gasteiger partial charge in [0.1, 0.15) is 16.9 Å². The first-order chi connectivity index (χ1) is 9.65. The number of fused-ring (bicyclic) bond motifs is 1. The summed E-state index contributed by atoms with van der Waals surface area (Å²) in [5, 5.41) is 11.8. The van der Waals surface area contributed by atoms with E-state index in [4.69, 9.17) is 9.84 Å². The lowest BCUT2D eigenvalue weighted by Crippen LogP contribution is -1.98. The Bertz CT molecular complexity index is 798. The van der Waals surface area contributed by atoms with Crippen molar-refractivity contribution in [3.8, 4) is 11.6 Å². The lowest BCUT2D eigenvalue weighted by Gasteiger charge is -2.09. The summed E-state index contributed by atoms with van der Waals surface area (Å²) in [5.41, 5.74) is 1.03. The van der Waals surface area contributed by atoms with Gasteiger partial charge in [0.05, 0.1) is 10.9 Å². The van der Waals surface area contributed by atoms with E-state index in [-0.39, 0.29) is 5.56 Å². The van der Waals surface area contributed by atoms with Crippen molar-refractivity contribution in [3.05, 3.63) is 47.1 Å². The average molecular weight is 286 g/mol. The van der Waals surface area contributed by atoms with E-state index in [0.717, 1.165) is 15.8 Å². The minimum absolute atomic E-state index is 0.182. The van der Waals surface area contributed by atoms with Gasteiger partial charge >= 0.3 is 5.97 Å². The van der Waals surface area contributed by atoms with Crippen LogP contribution >= 0.6 is 11.3 Å². The topological polar surface area (TPSA) is 72.3 Å². The van der Waals surface area contributed by atoms with E-state index in [1.54, 1.807) is 12.1 Å². The maximum Gasteiger partial charge on any atom is 0.335 e. The molecular weight excluding hydrogens is 276 g/mol. The first-order valence-electron chi connectivity index (χ1n) is 5.85. The first kappa shape index (κ1) is 12.6. The largest absolute Gasteiger partial charge is 0.478 e. The molecule has 0 bridgehead atoms. The van der Waals surface area contributed by atoms with Crippen molar-refractivity contribution >= 4 is 27.5 Å². The molecule has 1 aromatic carbocycles. The molecule has 5 nitrogen and oxygen atoms in total. The molecule has 0 atom stereocenters. The average Bonchev–Trinajstić information content (AvgIpc) is 2.90. The second-order valence-electron chi connectivity index (χ2n) is 4.21. The number of carboxylic acid groups (broad SMARTS) is 1. The van der Waals surface area contributed by atoms with Gasteiger partial charge in [-0.2, -0.15) is 0 Å². The van der Waals surface area contributed by atoms with Crippen LogP contribution in [0.2, 0.25) is 0 Å². The second kappa shape index (κ2) is 4.90. The summed E-state index contributed by atoms with van der Waals surface area (Å²) in [7, 11) is 0. The fourth-order valence-corrected chi connectivity index (χ4v) is 2.52. The third-order valence-corrected chi connectivity index (χ3v) is 3.69. The maximum atomic E-state index is 11.0. The van der Waals surface area contributed by atoms with Gasteiger partial charge in [-0.3, -0.25) is 0 Å². The van der Waals surface area contributed by atoms with Gasteiger partial charge in [0.15, 0.2) is 0 Å². The summed E-state index contributed by atoms with van der Waals surface area (Å²) in [4.78, 5) is 20.1. The van der Waals surface area contributed by atoms with Gasteiger partial charge in [-0.05, 0) is 36.1 Å². The van der Waals surface area contributed by atoms with Gasteiger partial charge in [-0.1, -0.05) is 6.07 Å². The number of rotatable bonds is 3. The molecule has 100 valence electrons. The summed E-state index contributed by atoms with van der Waals surface area (Å²) in [6.07, 6.45) is 1.44. The number of carboxylic acids is 1. The third-order valence-electron chi connectivity index (χ3n) is 2.87. The standard InChI is InChI=1S/C14H10N2O3S/c1-8-2-3-9(14(17)18)6-11(8)19-12-10-4-5-20-13(10)16-7-15-12/h2-7H,1H3,(H,17,18). The van der Waals surface area contributed by atoms with E-state index >= 15 is 0 Å². The number of carbonyl (C=O) groups is 1. The van der Waals surface area contributed by atoms with E-state index in [9.17, 15) is 4.79 Å². The van der Waals surface area contributed by atoms with Crippen LogP contribution in [0, 0.1) is 6.92 Å². The number of aryl methyl sites for hydroxylation is 1. The zero-order valence-corrected chi connectivity index (χ0v) is 11.3. The molecule has 0 fully saturated rings. The van der Waals surface area contributed by atoms with E-state index in [2.05, 4.69) is 9.97 Å². The number of thiophene rings is 1. The Balaban J connectivity index is 2.04. The molecule has 6 heteroatoms. The highest BCUT2D eigenvalue weighted by molar-refractivity contribution is 7.16. The summed E-state index contributed by atoms with van der Waals surface area (Å²) < 4.78 is 5.76. The molecule has 20 heavy (non-hydrogen) atoms. The van der Waals surface area contributed by atoms with Gasteiger partial charge in [0, 0.05) is 0 Å². The van der Waals surface area contributed by atoms with Gasteiger partial charge in [0.25, 0.3) is 0 Å². The number of aromatic nitrogens is 2. The van der Waals surface area contributed by atoms with Crippen LogP contribution in [0.25, 0.3) is 10.2 Å². The van der Waals surface area contributed by atoms with Crippen molar-refractivity contribution in [1.82, 2.24) is 9.97 Å². The van der Waals surface area contributed by atoms with Crippen molar-refractivity contribution in [2.45, 2.75) is 6.92 Å². The van der Waals surface area contributed by atoms with Crippen LogP contribution in [0.4, 0.5) is 0 Å². The SMILES string of the molecule is Cc1ccc(C(=O)O)cc1Oc1ncnc2sccc12. The quantitative estimate of drug-likeness (QED) is 0.798. The lowest BCUT2D eigenvalue weighted by atomic mass is 10.1. The van der Waals surface area contributed by atoms with Crippen molar-refractivity contribution in [1.29, 1.82) is 0 Å². The molecule has 0 radical (unpaired) electrons. The molecule has 0 unspecified atom stereocenters. The van der Waals surface area contributed by atoms with Crippen LogP contribution < -0.4 is 4.74 Å². The number of ether oxygens (including phenoxy) is 1. The Morgan fingerprint density at radius 3 is 2.95 bits per heavy atom. The van der Waals surface area contributed by atoms with Crippen LogP contribution in [0.1, 0.15) is 15.9 Å². The fourth-order valence-electron chi connectivity index (χ4n) is 1.80. The minimum Gasteiger partial charge on any atom is -0.478 e. The molecule has 3 rings (SSSR count). The van der Waals surface area contributed by atoms with E-state index in [0.29, 0.717) is 11.6 Å². The number of hydrogen-bond acceptors (Lipinski definition) is 5. The van der Waals surface area contributed by atoms with Crippen molar-refractivity contribution in [2.24, 2.45) is 0 Å². The summed E-state index contributed by atoms with van der Waals surface area (Å²) in [6.45, 7) is 1.85. The molecule has 2 heterocycles. The monoisotopic (exact) mass is 286 g/mol. The van der Waals surface area contributed by atoms with Gasteiger partial charge in [-0.15, -0.1) is 11.3 Å². The summed E-state index contributed by atoms with van der Waals surface area (Å²) in [6, 6.07) is 6.64. The van der Waals surface area contributed by atoms with Crippen molar-refractivity contribution < 1.29 is 14.6 Å². The van der Waals surface area contributed by atoms with Crippen LogP contribution in [0.3, 0.4) is 0 Å². The highest BCUT2D eigenvalue weighted by Crippen LogP contribution is 2.31. The molecule has 0 aliphatic carbocycles. The number of benzene rings is 1. The minimum atomic E-state index is -0.988. The molecule has 2 aromatic heterocycles. The van der Waals surface area contributed by atoms with Gasteiger partial charge in [0.2, 0.25) is 5.88 Å². The zero-order valence-electron chi connectivity index (χ0n) is 10.5. The highest BCUT2D eigenvalue weighted by Gasteiger charge is 2.11. The second-order valence-corrected chi connectivity index (χ2v) is 5.10. The Labute approximate surface area is 118 Å². The predicted molar refractivity (Wildman–Crippen MR) is 75.6 cm³/mol. The first-order valence-corrected chi connectivity index (χ1v) is 6.73. The van der Waals surface area contributed by atoms with E-state index in [1.165, 1.54) is 23.7 Å². The molecule has 0 saturated carbocycles. The summed E-state index contributed by atoms with van der Waals surface area (Å²) in [5.74, 6) is -0.0730. The summed E-state index contributed by atoms with van der Waals surface area (Å²) >= 11 is 1.50. The number of nitrogens with zero attached hydrogens (tertiary/aromatic N) is 2. The maximum absolute atomic E-state index is 11.0. The molecular formula is C14H10N2O3S. The van der Waals surface area contributed by atoms with Crippen LogP contribution in [0.15, 0.2) is 36.0 Å². The number of hydrogen-bond donors (Lipinski definition) is 1. The Hall–Kier alpha value is -2.47. The van der Waals surface area contributed by atoms with Gasteiger partial charge < -0.3 is 9.84 Å². The fraction of sp³-hybridized carbons (Fsp3) is 0.0714. The molecule has 0 saturated heterocycles. The van der Waals surface area contributed by atoms with Crippen LogP contribution in [-0.4, -0.2) is 21.0 Å². The molecule has 0 aliphatic heterocycles. The van der Waals surface area contributed by atoms with Crippen molar-refractivity contribution in [2.75, 3.05) is 0 Å². The van der Waals surface area contributed by atoms with E-state index in [1.807, 2.05) is 18.4 Å².